The van der Waals surface area contributed by atoms with Crippen molar-refractivity contribution in [3.05, 3.63) is 77.0 Å². The number of hydrogen-bond acceptors (Lipinski definition) is 6. The predicted octanol–water partition coefficient (Wildman–Crippen LogP) is 2.18. The normalized spacial score (nSPS) is 11.3. The number of methoxy groups -OCH3 is 1. The lowest BCUT2D eigenvalue weighted by Crippen LogP contribution is -2.17. The Labute approximate surface area is 153 Å². The van der Waals surface area contributed by atoms with Gasteiger partial charge >= 0.3 is 0 Å². The summed E-state index contributed by atoms with van der Waals surface area (Å²) < 4.78 is 7.81. The van der Waals surface area contributed by atoms with E-state index in [1.54, 1.807) is 16.8 Å². The standard InChI is InChI=1S/C19H15N5O3/c1-27-15-7-8-17(25)13(9-15)10-21-23-12-20-18-16(19(23)26)11-22-24(18)14-5-3-2-4-6-14/h2-12,25H,1H3/b21-10+. The molecule has 0 aliphatic rings. The second kappa shape index (κ2) is 6.75. The molecular weight excluding hydrogens is 346 g/mol. The number of rotatable bonds is 4. The van der Waals surface area contributed by atoms with Crippen molar-refractivity contribution in [2.45, 2.75) is 0 Å². The van der Waals surface area contributed by atoms with Crippen molar-refractivity contribution in [1.29, 1.82) is 0 Å². The molecule has 1 N–H and O–H groups in total. The molecular formula is C19H15N5O3. The van der Waals surface area contributed by atoms with Gasteiger partial charge in [-0.3, -0.25) is 4.79 Å². The van der Waals surface area contributed by atoms with Crippen molar-refractivity contribution >= 4 is 17.2 Å². The van der Waals surface area contributed by atoms with Crippen LogP contribution in [0.1, 0.15) is 5.56 Å². The van der Waals surface area contributed by atoms with E-state index in [4.69, 9.17) is 4.74 Å². The molecule has 0 saturated heterocycles. The van der Waals surface area contributed by atoms with Gasteiger partial charge < -0.3 is 9.84 Å². The molecule has 134 valence electrons. The fourth-order valence-electron chi connectivity index (χ4n) is 2.63. The van der Waals surface area contributed by atoms with E-state index in [1.165, 1.54) is 31.9 Å². The lowest BCUT2D eigenvalue weighted by molar-refractivity contribution is 0.412. The van der Waals surface area contributed by atoms with Crippen LogP contribution in [0, 0.1) is 0 Å². The van der Waals surface area contributed by atoms with Crippen LogP contribution in [0.2, 0.25) is 0 Å². The molecule has 0 bridgehead atoms. The lowest BCUT2D eigenvalue weighted by atomic mass is 10.2. The average molecular weight is 361 g/mol. The number of benzene rings is 2. The Morgan fingerprint density at radius 3 is 2.78 bits per heavy atom. The number of phenolic OH excluding ortho intramolecular Hbond substituents is 1. The topological polar surface area (TPSA) is 94.5 Å². The van der Waals surface area contributed by atoms with Crippen molar-refractivity contribution in [3.8, 4) is 17.2 Å². The minimum absolute atomic E-state index is 0.0264. The van der Waals surface area contributed by atoms with Crippen LogP contribution in [0.4, 0.5) is 0 Å². The monoisotopic (exact) mass is 361 g/mol. The molecule has 0 spiro atoms. The average Bonchev–Trinajstić information content (AvgIpc) is 3.14. The van der Waals surface area contributed by atoms with E-state index >= 15 is 0 Å². The molecule has 0 unspecified atom stereocenters. The number of nitrogens with zero attached hydrogens (tertiary/aromatic N) is 5. The molecule has 0 radical (unpaired) electrons. The largest absolute Gasteiger partial charge is 0.507 e. The number of fused-ring (bicyclic) bond motifs is 1. The second-order valence-corrected chi connectivity index (χ2v) is 5.69. The minimum Gasteiger partial charge on any atom is -0.507 e. The highest BCUT2D eigenvalue weighted by Gasteiger charge is 2.11. The van der Waals surface area contributed by atoms with Crippen LogP contribution in [0.5, 0.6) is 11.5 Å². The summed E-state index contributed by atoms with van der Waals surface area (Å²) in [5.41, 5.74) is 1.31. The first-order chi connectivity index (χ1) is 13.2. The maximum absolute atomic E-state index is 12.7. The van der Waals surface area contributed by atoms with Crippen molar-refractivity contribution in [1.82, 2.24) is 19.4 Å². The number of hydrogen-bond donors (Lipinski definition) is 1. The van der Waals surface area contributed by atoms with Crippen LogP contribution in [0.25, 0.3) is 16.7 Å². The number of ether oxygens (including phenoxy) is 1. The van der Waals surface area contributed by atoms with Gasteiger partial charge in [0.05, 0.1) is 25.2 Å². The smallest absolute Gasteiger partial charge is 0.285 e. The maximum atomic E-state index is 12.7. The first kappa shape index (κ1) is 16.5. The number of para-hydroxylation sites is 1. The summed E-state index contributed by atoms with van der Waals surface area (Å²) in [5.74, 6) is 0.595. The highest BCUT2D eigenvalue weighted by Crippen LogP contribution is 2.21. The Balaban J connectivity index is 1.74. The van der Waals surface area contributed by atoms with Gasteiger partial charge in [0.2, 0.25) is 0 Å². The Morgan fingerprint density at radius 2 is 2.00 bits per heavy atom. The second-order valence-electron chi connectivity index (χ2n) is 5.69. The number of aromatic nitrogens is 4. The zero-order chi connectivity index (χ0) is 18.8. The lowest BCUT2D eigenvalue weighted by Gasteiger charge is -2.04. The highest BCUT2D eigenvalue weighted by atomic mass is 16.5. The van der Waals surface area contributed by atoms with Gasteiger partial charge in [0.25, 0.3) is 5.56 Å². The third-order valence-corrected chi connectivity index (χ3v) is 4.03. The molecule has 27 heavy (non-hydrogen) atoms. The minimum atomic E-state index is -0.360. The summed E-state index contributed by atoms with van der Waals surface area (Å²) in [4.78, 5) is 17.0. The number of phenols is 1. The molecule has 0 amide bonds. The fourth-order valence-corrected chi connectivity index (χ4v) is 2.63. The SMILES string of the molecule is COc1ccc(O)c(/C=N/n2cnc3c(cnn3-c3ccccc3)c2=O)c1. The van der Waals surface area contributed by atoms with Gasteiger partial charge in [-0.25, -0.2) is 9.67 Å². The van der Waals surface area contributed by atoms with Crippen LogP contribution in [0.15, 0.2) is 71.0 Å². The van der Waals surface area contributed by atoms with Crippen LogP contribution in [-0.2, 0) is 0 Å². The zero-order valence-electron chi connectivity index (χ0n) is 14.4. The van der Waals surface area contributed by atoms with E-state index in [9.17, 15) is 9.90 Å². The Hall–Kier alpha value is -3.94. The van der Waals surface area contributed by atoms with Gasteiger partial charge in [-0.05, 0) is 30.3 Å². The maximum Gasteiger partial charge on any atom is 0.285 e. The molecule has 0 fully saturated rings. The van der Waals surface area contributed by atoms with Crippen LogP contribution in [-0.4, -0.2) is 37.9 Å². The third-order valence-electron chi connectivity index (χ3n) is 4.03. The Bertz CT molecular complexity index is 1200. The van der Waals surface area contributed by atoms with E-state index in [2.05, 4.69) is 15.2 Å². The van der Waals surface area contributed by atoms with Crippen molar-refractivity contribution in [2.75, 3.05) is 7.11 Å². The van der Waals surface area contributed by atoms with E-state index in [0.29, 0.717) is 22.3 Å². The Morgan fingerprint density at radius 1 is 1.19 bits per heavy atom. The molecule has 0 saturated carbocycles. The highest BCUT2D eigenvalue weighted by molar-refractivity contribution is 5.84. The van der Waals surface area contributed by atoms with Crippen LogP contribution in [0.3, 0.4) is 0 Å². The third kappa shape index (κ3) is 3.04. The summed E-state index contributed by atoms with van der Waals surface area (Å²) in [6.07, 6.45) is 4.15. The predicted molar refractivity (Wildman–Crippen MR) is 101 cm³/mol. The molecule has 0 aliphatic heterocycles. The molecule has 2 aromatic carbocycles. The summed E-state index contributed by atoms with van der Waals surface area (Å²) in [6.45, 7) is 0. The first-order valence-corrected chi connectivity index (χ1v) is 8.09. The first-order valence-electron chi connectivity index (χ1n) is 8.09. The van der Waals surface area contributed by atoms with Crippen molar-refractivity contribution in [2.24, 2.45) is 5.10 Å². The summed E-state index contributed by atoms with van der Waals surface area (Å²) in [7, 11) is 1.53. The van der Waals surface area contributed by atoms with Gasteiger partial charge in [0.1, 0.15) is 23.2 Å². The van der Waals surface area contributed by atoms with E-state index < -0.39 is 0 Å². The van der Waals surface area contributed by atoms with E-state index in [-0.39, 0.29) is 11.3 Å². The van der Waals surface area contributed by atoms with Crippen LogP contribution < -0.4 is 10.3 Å². The molecule has 4 aromatic rings. The summed E-state index contributed by atoms with van der Waals surface area (Å²) in [5, 5.41) is 18.6. The zero-order valence-corrected chi connectivity index (χ0v) is 14.4. The molecule has 2 heterocycles. The van der Waals surface area contributed by atoms with Gasteiger partial charge in [0.15, 0.2) is 5.65 Å². The molecule has 8 nitrogen and oxygen atoms in total. The molecule has 4 rings (SSSR count). The van der Waals surface area contributed by atoms with Crippen molar-refractivity contribution < 1.29 is 9.84 Å². The fraction of sp³-hybridized carbons (Fsp3) is 0.0526. The van der Waals surface area contributed by atoms with Crippen LogP contribution >= 0.6 is 0 Å². The summed E-state index contributed by atoms with van der Waals surface area (Å²) >= 11 is 0. The quantitative estimate of drug-likeness (QED) is 0.562. The number of aromatic hydroxyl groups is 1. The molecule has 8 heteroatoms. The van der Waals surface area contributed by atoms with Gasteiger partial charge in [-0.1, -0.05) is 18.2 Å². The molecule has 0 aliphatic carbocycles. The van der Waals surface area contributed by atoms with E-state index in [1.807, 2.05) is 30.3 Å². The van der Waals surface area contributed by atoms with Gasteiger partial charge in [0, 0.05) is 5.56 Å². The van der Waals surface area contributed by atoms with Gasteiger partial charge in [-0.2, -0.15) is 14.9 Å². The summed E-state index contributed by atoms with van der Waals surface area (Å²) in [6, 6.07) is 14.2. The molecule has 2 aromatic heterocycles. The Kier molecular flexibility index (Phi) is 4.13. The molecule has 0 atom stereocenters. The van der Waals surface area contributed by atoms with E-state index in [0.717, 1.165) is 10.4 Å². The van der Waals surface area contributed by atoms with Crippen molar-refractivity contribution in [3.63, 3.8) is 0 Å². The van der Waals surface area contributed by atoms with Gasteiger partial charge in [-0.15, -0.1) is 0 Å².